The van der Waals surface area contributed by atoms with E-state index in [1.165, 1.54) is 82.3 Å². The first-order valence-corrected chi connectivity index (χ1v) is 22.0. The maximum atomic E-state index is 2.42. The first-order valence-electron chi connectivity index (χ1n) is 22.0. The summed E-state index contributed by atoms with van der Waals surface area (Å²) in [6, 6.07) is 92.8. The number of benzene rings is 11. The van der Waals surface area contributed by atoms with Crippen molar-refractivity contribution in [2.45, 2.75) is 0 Å². The molecule has 0 bridgehead atoms. The fourth-order valence-electron chi connectivity index (χ4n) is 9.66. The maximum absolute atomic E-state index is 2.42. The van der Waals surface area contributed by atoms with Gasteiger partial charge in [0.1, 0.15) is 0 Å². The lowest BCUT2D eigenvalue weighted by Gasteiger charge is -2.27. The van der Waals surface area contributed by atoms with Crippen LogP contribution < -0.4 is 4.90 Å². The van der Waals surface area contributed by atoms with Crippen LogP contribution in [0.1, 0.15) is 0 Å². The molecule has 64 heavy (non-hydrogen) atoms. The molecule has 12 rings (SSSR count). The summed E-state index contributed by atoms with van der Waals surface area (Å²) >= 11 is 0. The van der Waals surface area contributed by atoms with Crippen molar-refractivity contribution in [1.82, 2.24) is 4.57 Å². The SMILES string of the molecule is c1ccc(-c2ccc(-c3ccc(N(c4cccc(-c5cc(-c6ccccc6)cc6c5c5ccccc5n6-c5ccccc5)c4)c4ccc5c(ccc6ccccc65)c4)cc3)cc2)cc1. The van der Waals surface area contributed by atoms with Gasteiger partial charge in [-0.15, -0.1) is 0 Å². The Kier molecular flexibility index (Phi) is 9.20. The van der Waals surface area contributed by atoms with Crippen LogP contribution in [0.4, 0.5) is 17.1 Å². The molecule has 2 nitrogen and oxygen atoms in total. The molecule has 0 spiro atoms. The third-order valence-corrected chi connectivity index (χ3v) is 12.7. The van der Waals surface area contributed by atoms with Gasteiger partial charge in [-0.1, -0.05) is 188 Å². The first kappa shape index (κ1) is 37.3. The fraction of sp³-hybridized carbons (Fsp3) is 0. The number of fused-ring (bicyclic) bond motifs is 6. The predicted molar refractivity (Wildman–Crippen MR) is 272 cm³/mol. The molecule has 0 amide bonds. The van der Waals surface area contributed by atoms with Crippen molar-refractivity contribution in [2.24, 2.45) is 0 Å². The molecule has 300 valence electrons. The molecule has 0 saturated carbocycles. The molecule has 0 atom stereocenters. The molecule has 2 heteroatoms. The lowest BCUT2D eigenvalue weighted by Crippen LogP contribution is -2.10. The van der Waals surface area contributed by atoms with E-state index in [1.807, 2.05) is 0 Å². The van der Waals surface area contributed by atoms with Crippen LogP contribution in [0.5, 0.6) is 0 Å². The summed E-state index contributed by atoms with van der Waals surface area (Å²) < 4.78 is 2.42. The van der Waals surface area contributed by atoms with Gasteiger partial charge in [-0.25, -0.2) is 0 Å². The minimum Gasteiger partial charge on any atom is -0.310 e. The van der Waals surface area contributed by atoms with Gasteiger partial charge in [0.05, 0.1) is 11.0 Å². The van der Waals surface area contributed by atoms with Gasteiger partial charge in [0.2, 0.25) is 0 Å². The monoisotopic (exact) mass is 814 g/mol. The van der Waals surface area contributed by atoms with Crippen LogP contribution in [0.3, 0.4) is 0 Å². The van der Waals surface area contributed by atoms with Gasteiger partial charge in [-0.05, 0) is 133 Å². The number of para-hydroxylation sites is 2. The average molecular weight is 815 g/mol. The third-order valence-electron chi connectivity index (χ3n) is 12.7. The van der Waals surface area contributed by atoms with Crippen molar-refractivity contribution in [3.63, 3.8) is 0 Å². The number of hydrogen-bond donors (Lipinski definition) is 0. The molecule has 0 N–H and O–H groups in total. The van der Waals surface area contributed by atoms with E-state index in [-0.39, 0.29) is 0 Å². The second-order valence-corrected chi connectivity index (χ2v) is 16.5. The molecular weight excluding hydrogens is 773 g/mol. The molecule has 12 aromatic rings. The molecule has 0 fully saturated rings. The first-order chi connectivity index (χ1) is 31.7. The van der Waals surface area contributed by atoms with Crippen molar-refractivity contribution in [3.05, 3.63) is 255 Å². The highest BCUT2D eigenvalue weighted by molar-refractivity contribution is 6.17. The minimum absolute atomic E-state index is 1.09. The van der Waals surface area contributed by atoms with E-state index in [9.17, 15) is 0 Å². The Hall–Kier alpha value is -8.46. The Morgan fingerprint density at radius 2 is 0.781 bits per heavy atom. The van der Waals surface area contributed by atoms with Crippen molar-refractivity contribution >= 4 is 60.4 Å². The van der Waals surface area contributed by atoms with E-state index in [4.69, 9.17) is 0 Å². The van der Waals surface area contributed by atoms with Gasteiger partial charge in [-0.2, -0.15) is 0 Å². The largest absolute Gasteiger partial charge is 0.310 e. The Morgan fingerprint density at radius 1 is 0.266 bits per heavy atom. The van der Waals surface area contributed by atoms with Crippen molar-refractivity contribution in [1.29, 1.82) is 0 Å². The van der Waals surface area contributed by atoms with Crippen LogP contribution in [-0.4, -0.2) is 4.57 Å². The zero-order valence-electron chi connectivity index (χ0n) is 35.1. The summed E-state index contributed by atoms with van der Waals surface area (Å²) in [6.45, 7) is 0. The molecule has 0 aliphatic heterocycles. The standard InChI is InChI=1S/C62H42N2/c1-4-15-43(16-5-1)45-27-29-46(30-28-45)47-33-35-53(36-34-47)63(55-37-38-57-50(40-55)32-31-48-19-10-11-24-56(48)57)54-23-14-20-49(39-54)59-41-51(44-17-6-2-7-18-44)42-61-62(59)58-25-12-13-26-60(58)64(61)52-21-8-3-9-22-52/h1-42H. The van der Waals surface area contributed by atoms with Crippen molar-refractivity contribution in [3.8, 4) is 50.2 Å². The second kappa shape index (κ2) is 15.8. The molecule has 0 radical (unpaired) electrons. The van der Waals surface area contributed by atoms with Crippen molar-refractivity contribution < 1.29 is 0 Å². The lowest BCUT2D eigenvalue weighted by atomic mass is 9.94. The van der Waals surface area contributed by atoms with E-state index in [1.54, 1.807) is 0 Å². The Morgan fingerprint density at radius 3 is 1.50 bits per heavy atom. The summed E-state index contributed by atoms with van der Waals surface area (Å²) in [5.74, 6) is 0. The summed E-state index contributed by atoms with van der Waals surface area (Å²) in [6.07, 6.45) is 0. The molecule has 11 aromatic carbocycles. The highest BCUT2D eigenvalue weighted by atomic mass is 15.1. The molecule has 1 heterocycles. The lowest BCUT2D eigenvalue weighted by molar-refractivity contribution is 1.18. The maximum Gasteiger partial charge on any atom is 0.0553 e. The smallest absolute Gasteiger partial charge is 0.0553 e. The average Bonchev–Trinajstić information content (AvgIpc) is 3.71. The third kappa shape index (κ3) is 6.61. The topological polar surface area (TPSA) is 8.17 Å². The number of nitrogens with zero attached hydrogens (tertiary/aromatic N) is 2. The van der Waals surface area contributed by atoms with Gasteiger partial charge in [0.15, 0.2) is 0 Å². The van der Waals surface area contributed by atoms with E-state index in [2.05, 4.69) is 264 Å². The summed E-state index contributed by atoms with van der Waals surface area (Å²) in [5, 5.41) is 7.44. The summed E-state index contributed by atoms with van der Waals surface area (Å²) in [5.41, 5.74) is 16.3. The van der Waals surface area contributed by atoms with E-state index >= 15 is 0 Å². The molecule has 0 unspecified atom stereocenters. The summed E-state index contributed by atoms with van der Waals surface area (Å²) in [7, 11) is 0. The second-order valence-electron chi connectivity index (χ2n) is 16.5. The van der Waals surface area contributed by atoms with Crippen LogP contribution in [0.15, 0.2) is 255 Å². The van der Waals surface area contributed by atoms with Crippen LogP contribution >= 0.6 is 0 Å². The Labute approximate surface area is 373 Å². The van der Waals surface area contributed by atoms with E-state index in [0.29, 0.717) is 0 Å². The van der Waals surface area contributed by atoms with Gasteiger partial charge < -0.3 is 9.47 Å². The molecule has 1 aromatic heterocycles. The normalized spacial score (nSPS) is 11.4. The highest BCUT2D eigenvalue weighted by Crippen LogP contribution is 2.44. The van der Waals surface area contributed by atoms with Gasteiger partial charge >= 0.3 is 0 Å². The van der Waals surface area contributed by atoms with Gasteiger partial charge in [0, 0.05) is 33.5 Å². The quantitative estimate of drug-likeness (QED) is 0.139. The fourth-order valence-corrected chi connectivity index (χ4v) is 9.66. The van der Waals surface area contributed by atoms with Crippen LogP contribution in [0.25, 0.3) is 93.5 Å². The van der Waals surface area contributed by atoms with Gasteiger partial charge in [0.25, 0.3) is 0 Å². The Bertz CT molecular complexity index is 3630. The summed E-state index contributed by atoms with van der Waals surface area (Å²) in [4.78, 5) is 2.41. The number of hydrogen-bond acceptors (Lipinski definition) is 1. The van der Waals surface area contributed by atoms with Crippen LogP contribution in [0, 0.1) is 0 Å². The number of aromatic nitrogens is 1. The molecule has 0 saturated heterocycles. The zero-order chi connectivity index (χ0) is 42.4. The van der Waals surface area contributed by atoms with E-state index < -0.39 is 0 Å². The number of anilines is 3. The van der Waals surface area contributed by atoms with Gasteiger partial charge in [-0.3, -0.25) is 0 Å². The number of rotatable bonds is 8. The van der Waals surface area contributed by atoms with E-state index in [0.717, 1.165) is 28.3 Å². The molecular formula is C62H42N2. The Balaban J connectivity index is 1.03. The molecule has 0 aliphatic carbocycles. The molecule has 0 aliphatic rings. The van der Waals surface area contributed by atoms with Crippen LogP contribution in [-0.2, 0) is 0 Å². The van der Waals surface area contributed by atoms with Crippen LogP contribution in [0.2, 0.25) is 0 Å². The predicted octanol–water partition coefficient (Wildman–Crippen LogP) is 17.2. The minimum atomic E-state index is 1.09. The highest BCUT2D eigenvalue weighted by Gasteiger charge is 2.20. The zero-order valence-corrected chi connectivity index (χ0v) is 35.1. The van der Waals surface area contributed by atoms with Crippen molar-refractivity contribution in [2.75, 3.05) is 4.90 Å².